The van der Waals surface area contributed by atoms with Crippen molar-refractivity contribution in [3.8, 4) is 17.2 Å². The van der Waals surface area contributed by atoms with Gasteiger partial charge >= 0.3 is 0 Å². The fraction of sp³-hybridized carbons (Fsp3) is 0.250. The maximum absolute atomic E-state index is 13.1. The first-order valence-corrected chi connectivity index (χ1v) is 10.5. The summed E-state index contributed by atoms with van der Waals surface area (Å²) in [6, 6.07) is 18.2. The summed E-state index contributed by atoms with van der Waals surface area (Å²) in [6.45, 7) is 4.13. The number of ether oxygens (including phenoxy) is 3. The number of hydrogen-bond acceptors (Lipinski definition) is 4. The highest BCUT2D eigenvalue weighted by atomic mass is 79.9. The van der Waals surface area contributed by atoms with Gasteiger partial charge in [-0.15, -0.1) is 0 Å². The Hall–Kier alpha value is -2.57. The van der Waals surface area contributed by atoms with Gasteiger partial charge < -0.3 is 19.5 Å². The lowest BCUT2D eigenvalue weighted by molar-refractivity contribution is 0.267. The minimum atomic E-state index is -0.264. The minimum absolute atomic E-state index is 0.264. The molecule has 3 rings (SSSR count). The molecule has 1 N–H and O–H groups in total. The molecule has 6 heteroatoms. The van der Waals surface area contributed by atoms with Crippen LogP contribution in [-0.2, 0) is 19.7 Å². The van der Waals surface area contributed by atoms with E-state index in [4.69, 9.17) is 14.2 Å². The van der Waals surface area contributed by atoms with Crippen LogP contribution in [0, 0.1) is 5.82 Å². The van der Waals surface area contributed by atoms with E-state index in [2.05, 4.69) is 21.2 Å². The van der Waals surface area contributed by atoms with Crippen LogP contribution in [0.2, 0.25) is 0 Å². The van der Waals surface area contributed by atoms with E-state index < -0.39 is 0 Å². The molecule has 0 aliphatic heterocycles. The highest BCUT2D eigenvalue weighted by molar-refractivity contribution is 9.10. The van der Waals surface area contributed by atoms with Crippen molar-refractivity contribution in [3.05, 3.63) is 87.6 Å². The second-order valence-electron chi connectivity index (χ2n) is 6.67. The van der Waals surface area contributed by atoms with Crippen LogP contribution in [0.15, 0.2) is 65.1 Å². The molecule has 0 saturated carbocycles. The van der Waals surface area contributed by atoms with Crippen molar-refractivity contribution in [2.24, 2.45) is 0 Å². The lowest BCUT2D eigenvalue weighted by Gasteiger charge is -2.16. The number of hydrogen-bond donors (Lipinski definition) is 1. The maximum atomic E-state index is 13.1. The molecule has 0 saturated heterocycles. The molecule has 0 unspecified atom stereocenters. The monoisotopic (exact) mass is 473 g/mol. The first-order chi connectivity index (χ1) is 14.6. The number of methoxy groups -OCH3 is 1. The third-order valence-corrected chi connectivity index (χ3v) is 5.09. The van der Waals surface area contributed by atoms with Crippen molar-refractivity contribution in [2.45, 2.75) is 26.6 Å². The van der Waals surface area contributed by atoms with Crippen LogP contribution in [-0.4, -0.2) is 13.7 Å². The van der Waals surface area contributed by atoms with Crippen molar-refractivity contribution in [1.29, 1.82) is 0 Å². The van der Waals surface area contributed by atoms with Gasteiger partial charge in [0.25, 0.3) is 0 Å². The maximum Gasteiger partial charge on any atom is 0.175 e. The predicted molar refractivity (Wildman–Crippen MR) is 120 cm³/mol. The molecular weight excluding hydrogens is 449 g/mol. The summed E-state index contributed by atoms with van der Waals surface area (Å²) in [7, 11) is 1.68. The predicted octanol–water partition coefficient (Wildman–Crippen LogP) is 5.86. The van der Waals surface area contributed by atoms with Crippen molar-refractivity contribution < 1.29 is 18.6 Å². The smallest absolute Gasteiger partial charge is 0.175 e. The van der Waals surface area contributed by atoms with E-state index in [0.29, 0.717) is 37.8 Å². The molecule has 0 aromatic heterocycles. The van der Waals surface area contributed by atoms with Crippen molar-refractivity contribution in [3.63, 3.8) is 0 Å². The number of para-hydroxylation sites is 1. The molecular formula is C24H25BrFNO3. The SMILES string of the molecule is CCOc1cc(CNCc2ccccc2OC)cc(Br)c1OCc1ccc(F)cc1. The van der Waals surface area contributed by atoms with Crippen molar-refractivity contribution in [1.82, 2.24) is 5.32 Å². The molecule has 158 valence electrons. The summed E-state index contributed by atoms with van der Waals surface area (Å²) in [5, 5.41) is 3.44. The van der Waals surface area contributed by atoms with Crippen LogP contribution < -0.4 is 19.5 Å². The van der Waals surface area contributed by atoms with Crippen molar-refractivity contribution in [2.75, 3.05) is 13.7 Å². The van der Waals surface area contributed by atoms with Gasteiger partial charge in [0.05, 0.1) is 18.2 Å². The first kappa shape index (κ1) is 22.1. The van der Waals surface area contributed by atoms with E-state index in [9.17, 15) is 4.39 Å². The molecule has 0 aliphatic carbocycles. The summed E-state index contributed by atoms with van der Waals surface area (Å²) in [4.78, 5) is 0. The summed E-state index contributed by atoms with van der Waals surface area (Å²) in [5.41, 5.74) is 3.05. The average molecular weight is 474 g/mol. The molecule has 0 spiro atoms. The molecule has 3 aromatic carbocycles. The highest BCUT2D eigenvalue weighted by Crippen LogP contribution is 2.37. The Morgan fingerprint density at radius 1 is 0.900 bits per heavy atom. The van der Waals surface area contributed by atoms with Crippen LogP contribution in [0.4, 0.5) is 4.39 Å². The van der Waals surface area contributed by atoms with E-state index in [1.165, 1.54) is 12.1 Å². The lowest BCUT2D eigenvalue weighted by Crippen LogP contribution is -2.13. The number of benzene rings is 3. The van der Waals surface area contributed by atoms with Gasteiger partial charge in [-0.05, 0) is 64.3 Å². The summed E-state index contributed by atoms with van der Waals surface area (Å²) < 4.78 is 31.1. The van der Waals surface area contributed by atoms with Crippen LogP contribution in [0.1, 0.15) is 23.6 Å². The van der Waals surface area contributed by atoms with E-state index in [-0.39, 0.29) is 5.82 Å². The molecule has 4 nitrogen and oxygen atoms in total. The van der Waals surface area contributed by atoms with Crippen LogP contribution in [0.25, 0.3) is 0 Å². The van der Waals surface area contributed by atoms with Crippen molar-refractivity contribution >= 4 is 15.9 Å². The second-order valence-corrected chi connectivity index (χ2v) is 7.52. The Kier molecular flexibility index (Phi) is 8.11. The van der Waals surface area contributed by atoms with E-state index >= 15 is 0 Å². The molecule has 0 atom stereocenters. The average Bonchev–Trinajstić information content (AvgIpc) is 2.75. The standard InChI is InChI=1S/C24H25BrFNO3/c1-3-29-23-13-18(14-27-15-19-6-4-5-7-22(19)28-2)12-21(25)24(23)30-16-17-8-10-20(26)11-9-17/h4-13,27H,3,14-16H2,1-2H3. The summed E-state index contributed by atoms with van der Waals surface area (Å²) in [6.07, 6.45) is 0. The Morgan fingerprint density at radius 3 is 2.40 bits per heavy atom. The molecule has 0 radical (unpaired) electrons. The van der Waals surface area contributed by atoms with Gasteiger partial charge in [-0.3, -0.25) is 0 Å². The zero-order valence-corrected chi connectivity index (χ0v) is 18.7. The molecule has 0 fully saturated rings. The number of nitrogens with one attached hydrogen (secondary N) is 1. The van der Waals surface area contributed by atoms with Gasteiger partial charge in [0.2, 0.25) is 0 Å². The van der Waals surface area contributed by atoms with Gasteiger partial charge in [0.15, 0.2) is 11.5 Å². The molecule has 0 aliphatic rings. The lowest BCUT2D eigenvalue weighted by atomic mass is 10.1. The number of rotatable bonds is 10. The minimum Gasteiger partial charge on any atom is -0.496 e. The Balaban J connectivity index is 1.68. The van der Waals surface area contributed by atoms with Crippen LogP contribution >= 0.6 is 15.9 Å². The van der Waals surface area contributed by atoms with Gasteiger partial charge in [-0.25, -0.2) is 4.39 Å². The van der Waals surface area contributed by atoms with E-state index in [1.807, 2.05) is 43.3 Å². The Morgan fingerprint density at radius 2 is 1.67 bits per heavy atom. The van der Waals surface area contributed by atoms with Crippen LogP contribution in [0.5, 0.6) is 17.2 Å². The Bertz CT molecular complexity index is 963. The van der Waals surface area contributed by atoms with E-state index in [1.54, 1.807) is 19.2 Å². The first-order valence-electron chi connectivity index (χ1n) is 9.75. The van der Waals surface area contributed by atoms with Crippen LogP contribution in [0.3, 0.4) is 0 Å². The molecule has 0 heterocycles. The third kappa shape index (κ3) is 5.97. The fourth-order valence-corrected chi connectivity index (χ4v) is 3.66. The van der Waals surface area contributed by atoms with Gasteiger partial charge in [-0.1, -0.05) is 30.3 Å². The third-order valence-electron chi connectivity index (χ3n) is 4.50. The zero-order chi connectivity index (χ0) is 21.3. The highest BCUT2D eigenvalue weighted by Gasteiger charge is 2.13. The van der Waals surface area contributed by atoms with E-state index in [0.717, 1.165) is 26.9 Å². The van der Waals surface area contributed by atoms with Gasteiger partial charge in [-0.2, -0.15) is 0 Å². The normalized spacial score (nSPS) is 10.7. The second kappa shape index (κ2) is 11.0. The molecule has 0 amide bonds. The molecule has 3 aromatic rings. The summed E-state index contributed by atoms with van der Waals surface area (Å²) >= 11 is 3.60. The van der Waals surface area contributed by atoms with Gasteiger partial charge in [0.1, 0.15) is 18.2 Å². The fourth-order valence-electron chi connectivity index (χ4n) is 3.05. The molecule has 30 heavy (non-hydrogen) atoms. The summed E-state index contributed by atoms with van der Waals surface area (Å²) in [5.74, 6) is 1.91. The van der Waals surface area contributed by atoms with Gasteiger partial charge in [0, 0.05) is 18.7 Å². The Labute approximate surface area is 185 Å². The largest absolute Gasteiger partial charge is 0.496 e. The zero-order valence-electron chi connectivity index (χ0n) is 17.1. The topological polar surface area (TPSA) is 39.7 Å². The molecule has 0 bridgehead atoms. The number of halogens is 2. The quantitative estimate of drug-likeness (QED) is 0.400.